The second-order valence-corrected chi connectivity index (χ2v) is 6.43. The predicted molar refractivity (Wildman–Crippen MR) is 80.8 cm³/mol. The van der Waals surface area contributed by atoms with E-state index in [0.717, 1.165) is 22.9 Å². The van der Waals surface area contributed by atoms with Crippen molar-refractivity contribution < 1.29 is 0 Å². The zero-order chi connectivity index (χ0) is 13.8. The molecule has 2 rings (SSSR count). The van der Waals surface area contributed by atoms with Crippen molar-refractivity contribution in [2.45, 2.75) is 25.9 Å². The molecule has 0 aromatic carbocycles. The molecular formula is C13H17ClN4S. The second kappa shape index (κ2) is 6.32. The maximum absolute atomic E-state index is 5.92. The molecule has 0 aliphatic heterocycles. The van der Waals surface area contributed by atoms with Gasteiger partial charge in [-0.3, -0.25) is 0 Å². The lowest BCUT2D eigenvalue weighted by Crippen LogP contribution is -2.20. The van der Waals surface area contributed by atoms with Gasteiger partial charge in [0, 0.05) is 30.4 Å². The summed E-state index contributed by atoms with van der Waals surface area (Å²) in [4.78, 5) is 11.9. The number of rotatable bonds is 5. The number of nitrogens with zero attached hydrogens (tertiary/aromatic N) is 3. The quantitative estimate of drug-likeness (QED) is 0.922. The summed E-state index contributed by atoms with van der Waals surface area (Å²) >= 11 is 7.49. The predicted octanol–water partition coefficient (Wildman–Crippen LogP) is 2.72. The van der Waals surface area contributed by atoms with Crippen LogP contribution in [0, 0.1) is 0 Å². The van der Waals surface area contributed by atoms with Crippen LogP contribution in [0.25, 0.3) is 0 Å². The third kappa shape index (κ3) is 4.16. The summed E-state index contributed by atoms with van der Waals surface area (Å²) in [6.45, 7) is 2.73. The van der Waals surface area contributed by atoms with Crippen molar-refractivity contribution in [2.75, 3.05) is 11.9 Å². The summed E-state index contributed by atoms with van der Waals surface area (Å²) in [5.74, 6) is 0.706. The van der Waals surface area contributed by atoms with E-state index in [0.29, 0.717) is 5.95 Å². The van der Waals surface area contributed by atoms with Gasteiger partial charge in [0.05, 0.1) is 10.9 Å². The first-order chi connectivity index (χ1) is 9.04. The van der Waals surface area contributed by atoms with Gasteiger partial charge in [0.25, 0.3) is 0 Å². The Labute approximate surface area is 122 Å². The van der Waals surface area contributed by atoms with E-state index in [1.165, 1.54) is 4.88 Å². The Morgan fingerprint density at radius 3 is 2.58 bits per heavy atom. The third-order valence-electron chi connectivity index (χ3n) is 2.61. The maximum Gasteiger partial charge on any atom is 0.225 e. The second-order valence-electron chi connectivity index (χ2n) is 4.63. The molecule has 0 amide bonds. The van der Waals surface area contributed by atoms with E-state index in [-0.39, 0.29) is 6.04 Å². The average Bonchev–Trinajstić information content (AvgIpc) is 2.75. The molecule has 2 N–H and O–H groups in total. The minimum Gasteiger partial charge on any atom is -0.339 e. The average molecular weight is 297 g/mol. The highest BCUT2D eigenvalue weighted by atomic mass is 35.5. The van der Waals surface area contributed by atoms with Gasteiger partial charge in [0.1, 0.15) is 0 Å². The molecule has 19 heavy (non-hydrogen) atoms. The summed E-state index contributed by atoms with van der Waals surface area (Å²) in [5.41, 5.74) is 6.81. The molecule has 102 valence electrons. The summed E-state index contributed by atoms with van der Waals surface area (Å²) in [6, 6.07) is 4.05. The highest BCUT2D eigenvalue weighted by molar-refractivity contribution is 7.16. The summed E-state index contributed by atoms with van der Waals surface area (Å²) in [7, 11) is 1.97. The van der Waals surface area contributed by atoms with Crippen molar-refractivity contribution in [1.29, 1.82) is 0 Å². The van der Waals surface area contributed by atoms with Crippen LogP contribution in [0.5, 0.6) is 0 Å². The number of thiophene rings is 1. The number of hydrogen-bond donors (Lipinski definition) is 1. The minimum absolute atomic E-state index is 0.125. The van der Waals surface area contributed by atoms with Crippen LogP contribution in [-0.4, -0.2) is 23.1 Å². The first kappa shape index (κ1) is 14.2. The molecule has 0 bridgehead atoms. The van der Waals surface area contributed by atoms with Gasteiger partial charge in [-0.25, -0.2) is 9.97 Å². The molecule has 4 nitrogen and oxygen atoms in total. The van der Waals surface area contributed by atoms with Crippen molar-refractivity contribution in [2.24, 2.45) is 5.73 Å². The largest absolute Gasteiger partial charge is 0.339 e. The lowest BCUT2D eigenvalue weighted by atomic mass is 10.1. The monoisotopic (exact) mass is 296 g/mol. The van der Waals surface area contributed by atoms with E-state index in [9.17, 15) is 0 Å². The Morgan fingerprint density at radius 2 is 2.05 bits per heavy atom. The van der Waals surface area contributed by atoms with Crippen LogP contribution in [0.3, 0.4) is 0 Å². The van der Waals surface area contributed by atoms with E-state index in [4.69, 9.17) is 17.3 Å². The van der Waals surface area contributed by atoms with Gasteiger partial charge in [-0.1, -0.05) is 11.6 Å². The smallest absolute Gasteiger partial charge is 0.225 e. The molecule has 0 saturated heterocycles. The van der Waals surface area contributed by atoms with Crippen LogP contribution in [0.4, 0.5) is 5.95 Å². The lowest BCUT2D eigenvalue weighted by Gasteiger charge is -2.16. The first-order valence-electron chi connectivity index (χ1n) is 6.06. The summed E-state index contributed by atoms with van der Waals surface area (Å²) < 4.78 is 0.802. The van der Waals surface area contributed by atoms with E-state index in [2.05, 4.69) is 9.97 Å². The molecular weight excluding hydrogens is 280 g/mol. The van der Waals surface area contributed by atoms with Gasteiger partial charge < -0.3 is 10.6 Å². The topological polar surface area (TPSA) is 55.0 Å². The highest BCUT2D eigenvalue weighted by Gasteiger charge is 2.07. The van der Waals surface area contributed by atoms with Crippen LogP contribution < -0.4 is 10.6 Å². The minimum atomic E-state index is 0.125. The summed E-state index contributed by atoms with van der Waals surface area (Å²) in [5, 5.41) is 0. The number of halogens is 1. The molecule has 6 heteroatoms. The Bertz CT molecular complexity index is 524. The van der Waals surface area contributed by atoms with Crippen LogP contribution in [-0.2, 0) is 13.0 Å². The van der Waals surface area contributed by atoms with Gasteiger partial charge in [-0.15, -0.1) is 11.3 Å². The molecule has 2 heterocycles. The van der Waals surface area contributed by atoms with Gasteiger partial charge in [0.15, 0.2) is 0 Å². The van der Waals surface area contributed by atoms with Crippen LogP contribution in [0.15, 0.2) is 24.5 Å². The fraction of sp³-hybridized carbons (Fsp3) is 0.385. The van der Waals surface area contributed by atoms with Gasteiger partial charge in [-0.2, -0.15) is 0 Å². The van der Waals surface area contributed by atoms with Crippen LogP contribution in [0.1, 0.15) is 17.4 Å². The van der Waals surface area contributed by atoms with Crippen LogP contribution in [0.2, 0.25) is 4.34 Å². The Kier molecular flexibility index (Phi) is 4.74. The molecule has 1 unspecified atom stereocenters. The Hall–Kier alpha value is -1.17. The SMILES string of the molecule is CC(N)Cc1cnc(N(C)Cc2ccc(Cl)s2)nc1. The first-order valence-corrected chi connectivity index (χ1v) is 7.26. The van der Waals surface area contributed by atoms with E-state index >= 15 is 0 Å². The fourth-order valence-electron chi connectivity index (χ4n) is 1.76. The van der Waals surface area contributed by atoms with Crippen molar-refractivity contribution in [1.82, 2.24) is 9.97 Å². The van der Waals surface area contributed by atoms with Crippen molar-refractivity contribution >= 4 is 28.9 Å². The Balaban J connectivity index is 2.01. The van der Waals surface area contributed by atoms with Crippen molar-refractivity contribution in [3.05, 3.63) is 39.3 Å². The molecule has 0 aliphatic carbocycles. The summed E-state index contributed by atoms with van der Waals surface area (Å²) in [6.07, 6.45) is 4.47. The standard InChI is InChI=1S/C13H17ClN4S/c1-9(15)5-10-6-16-13(17-7-10)18(2)8-11-3-4-12(14)19-11/h3-4,6-7,9H,5,8,15H2,1-2H3. The van der Waals surface area contributed by atoms with E-state index < -0.39 is 0 Å². The molecule has 0 radical (unpaired) electrons. The molecule has 0 fully saturated rings. The van der Waals surface area contributed by atoms with Crippen molar-refractivity contribution in [3.63, 3.8) is 0 Å². The van der Waals surface area contributed by atoms with E-state index in [1.54, 1.807) is 11.3 Å². The molecule has 0 saturated carbocycles. The Morgan fingerprint density at radius 1 is 1.37 bits per heavy atom. The van der Waals surface area contributed by atoms with Crippen molar-refractivity contribution in [3.8, 4) is 0 Å². The van der Waals surface area contributed by atoms with Crippen LogP contribution >= 0.6 is 22.9 Å². The third-order valence-corrected chi connectivity index (χ3v) is 3.83. The molecule has 0 spiro atoms. The molecule has 2 aromatic rings. The highest BCUT2D eigenvalue weighted by Crippen LogP contribution is 2.23. The van der Waals surface area contributed by atoms with Gasteiger partial charge in [-0.05, 0) is 31.0 Å². The maximum atomic E-state index is 5.92. The number of nitrogens with two attached hydrogens (primary N) is 1. The number of anilines is 1. The number of aromatic nitrogens is 2. The zero-order valence-electron chi connectivity index (χ0n) is 11.0. The van der Waals surface area contributed by atoms with Gasteiger partial charge in [0.2, 0.25) is 5.95 Å². The zero-order valence-corrected chi connectivity index (χ0v) is 12.6. The van der Waals surface area contributed by atoms with E-state index in [1.807, 2.05) is 43.4 Å². The molecule has 0 aliphatic rings. The number of hydrogen-bond acceptors (Lipinski definition) is 5. The van der Waals surface area contributed by atoms with Gasteiger partial charge >= 0.3 is 0 Å². The normalized spacial score (nSPS) is 12.4. The lowest BCUT2D eigenvalue weighted by molar-refractivity contribution is 0.730. The molecule has 2 aromatic heterocycles. The fourth-order valence-corrected chi connectivity index (χ4v) is 2.90. The molecule has 1 atom stereocenters.